The highest BCUT2D eigenvalue weighted by molar-refractivity contribution is 9.10. The van der Waals surface area contributed by atoms with Crippen molar-refractivity contribution in [3.8, 4) is 11.5 Å². The molecule has 0 bridgehead atoms. The highest BCUT2D eigenvalue weighted by atomic mass is 79.9. The second kappa shape index (κ2) is 6.59. The molecule has 0 fully saturated rings. The summed E-state index contributed by atoms with van der Waals surface area (Å²) in [6, 6.07) is 10.7. The third kappa shape index (κ3) is 2.99. The van der Waals surface area contributed by atoms with E-state index in [0.29, 0.717) is 10.2 Å². The summed E-state index contributed by atoms with van der Waals surface area (Å²) >= 11 is 6.84. The first kappa shape index (κ1) is 15.3. The number of rotatable bonds is 4. The maximum Gasteiger partial charge on any atom is 0.141 e. The molecule has 106 valence electrons. The summed E-state index contributed by atoms with van der Waals surface area (Å²) in [5.41, 5.74) is 1.78. The molecule has 0 aliphatic heterocycles. The molecule has 2 nitrogen and oxygen atoms in total. The normalized spacial score (nSPS) is 12.1. The lowest BCUT2D eigenvalue weighted by Gasteiger charge is -2.17. The summed E-state index contributed by atoms with van der Waals surface area (Å²) in [6.07, 6.45) is 0. The third-order valence-corrected chi connectivity index (χ3v) is 4.55. The van der Waals surface area contributed by atoms with E-state index < -0.39 is 0 Å². The Balaban J connectivity index is 2.52. The monoisotopic (exact) mass is 402 g/mol. The molecule has 0 spiro atoms. The van der Waals surface area contributed by atoms with Crippen molar-refractivity contribution in [3.05, 3.63) is 57.8 Å². The van der Waals surface area contributed by atoms with Gasteiger partial charge in [-0.1, -0.05) is 34.1 Å². The van der Waals surface area contributed by atoms with E-state index >= 15 is 0 Å². The zero-order chi connectivity index (χ0) is 14.7. The van der Waals surface area contributed by atoms with Crippen molar-refractivity contribution in [1.29, 1.82) is 0 Å². The van der Waals surface area contributed by atoms with Gasteiger partial charge in [-0.15, -0.1) is 0 Å². The summed E-state index contributed by atoms with van der Waals surface area (Å²) < 4.78 is 24.6. The molecular formula is C15H13Br2FO2. The van der Waals surface area contributed by atoms with Crippen molar-refractivity contribution < 1.29 is 13.9 Å². The van der Waals surface area contributed by atoms with E-state index in [9.17, 15) is 4.39 Å². The maximum absolute atomic E-state index is 13.6. The van der Waals surface area contributed by atoms with Crippen LogP contribution in [0.1, 0.15) is 16.0 Å². The van der Waals surface area contributed by atoms with Crippen LogP contribution in [0.15, 0.2) is 40.9 Å². The molecule has 0 aromatic heterocycles. The lowest BCUT2D eigenvalue weighted by Crippen LogP contribution is -2.00. The molecule has 0 heterocycles. The first-order chi connectivity index (χ1) is 9.58. The molecule has 0 aliphatic carbocycles. The second-order valence-corrected chi connectivity index (χ2v) is 5.88. The van der Waals surface area contributed by atoms with Crippen molar-refractivity contribution in [2.75, 3.05) is 14.2 Å². The van der Waals surface area contributed by atoms with Crippen LogP contribution in [0.4, 0.5) is 4.39 Å². The Morgan fingerprint density at radius 1 is 1.00 bits per heavy atom. The van der Waals surface area contributed by atoms with E-state index in [1.807, 2.05) is 24.3 Å². The molecule has 1 atom stereocenters. The van der Waals surface area contributed by atoms with Gasteiger partial charge in [0, 0.05) is 17.2 Å². The number of hydrogen-bond acceptors (Lipinski definition) is 2. The smallest absolute Gasteiger partial charge is 0.141 e. The van der Waals surface area contributed by atoms with Crippen LogP contribution in [-0.4, -0.2) is 14.2 Å². The predicted molar refractivity (Wildman–Crippen MR) is 84.4 cm³/mol. The van der Waals surface area contributed by atoms with Gasteiger partial charge in [0.15, 0.2) is 0 Å². The summed E-state index contributed by atoms with van der Waals surface area (Å²) in [7, 11) is 3.14. The van der Waals surface area contributed by atoms with Crippen molar-refractivity contribution >= 4 is 31.9 Å². The molecule has 2 rings (SSSR count). The highest BCUT2D eigenvalue weighted by Crippen LogP contribution is 2.42. The first-order valence-electron chi connectivity index (χ1n) is 5.88. The molecule has 2 aromatic carbocycles. The zero-order valence-corrected chi connectivity index (χ0v) is 14.2. The highest BCUT2D eigenvalue weighted by Gasteiger charge is 2.20. The van der Waals surface area contributed by atoms with E-state index in [2.05, 4.69) is 31.9 Å². The number of halogens is 3. The Kier molecular flexibility index (Phi) is 5.05. The molecule has 5 heteroatoms. The zero-order valence-electron chi connectivity index (χ0n) is 11.0. The van der Waals surface area contributed by atoms with Gasteiger partial charge in [-0.2, -0.15) is 0 Å². The molecule has 0 saturated carbocycles. The molecule has 0 N–H and O–H groups in total. The molecular weight excluding hydrogens is 391 g/mol. The molecule has 0 saturated heterocycles. The number of hydrogen-bond donors (Lipinski definition) is 0. The van der Waals surface area contributed by atoms with Gasteiger partial charge in [0.2, 0.25) is 0 Å². The number of alkyl halides is 1. The predicted octanol–water partition coefficient (Wildman–Crippen LogP) is 5.09. The van der Waals surface area contributed by atoms with Gasteiger partial charge in [0.05, 0.1) is 23.5 Å². The van der Waals surface area contributed by atoms with Crippen molar-refractivity contribution in [2.45, 2.75) is 4.83 Å². The number of methoxy groups -OCH3 is 2. The van der Waals surface area contributed by atoms with E-state index in [-0.39, 0.29) is 10.6 Å². The average Bonchev–Trinajstić information content (AvgIpc) is 2.48. The van der Waals surface area contributed by atoms with Crippen molar-refractivity contribution in [3.63, 3.8) is 0 Å². The van der Waals surface area contributed by atoms with Gasteiger partial charge in [-0.25, -0.2) is 4.39 Å². The molecule has 20 heavy (non-hydrogen) atoms. The topological polar surface area (TPSA) is 18.5 Å². The summed E-state index contributed by atoms with van der Waals surface area (Å²) in [6.45, 7) is 0. The Bertz CT molecular complexity index is 617. The van der Waals surface area contributed by atoms with Gasteiger partial charge in [0.1, 0.15) is 17.3 Å². The lowest BCUT2D eigenvalue weighted by atomic mass is 10.0. The molecule has 0 aliphatic rings. The number of ether oxygens (including phenoxy) is 2. The lowest BCUT2D eigenvalue weighted by molar-refractivity contribution is 0.403. The summed E-state index contributed by atoms with van der Waals surface area (Å²) in [4.78, 5) is -0.162. The minimum absolute atomic E-state index is 0.162. The van der Waals surface area contributed by atoms with Gasteiger partial charge in [-0.3, -0.25) is 0 Å². The average molecular weight is 404 g/mol. The van der Waals surface area contributed by atoms with Crippen LogP contribution in [0, 0.1) is 5.82 Å². The quantitative estimate of drug-likeness (QED) is 0.662. The van der Waals surface area contributed by atoms with Gasteiger partial charge >= 0.3 is 0 Å². The number of benzene rings is 2. The van der Waals surface area contributed by atoms with Crippen LogP contribution < -0.4 is 9.47 Å². The van der Waals surface area contributed by atoms with Crippen LogP contribution in [0.5, 0.6) is 11.5 Å². The second-order valence-electron chi connectivity index (χ2n) is 4.11. The fourth-order valence-corrected chi connectivity index (χ4v) is 3.06. The Labute approximate surface area is 134 Å². The van der Waals surface area contributed by atoms with E-state index in [0.717, 1.165) is 16.9 Å². The fraction of sp³-hybridized carbons (Fsp3) is 0.200. The summed E-state index contributed by atoms with van der Waals surface area (Å²) in [5.74, 6) is 0.890. The number of para-hydroxylation sites is 1. The van der Waals surface area contributed by atoms with E-state index in [4.69, 9.17) is 9.47 Å². The minimum Gasteiger partial charge on any atom is -0.496 e. The van der Waals surface area contributed by atoms with Crippen LogP contribution in [-0.2, 0) is 0 Å². The van der Waals surface area contributed by atoms with Crippen LogP contribution in [0.3, 0.4) is 0 Å². The van der Waals surface area contributed by atoms with E-state index in [1.54, 1.807) is 13.2 Å². The third-order valence-electron chi connectivity index (χ3n) is 2.96. The molecule has 2 aromatic rings. The van der Waals surface area contributed by atoms with Crippen LogP contribution in [0.25, 0.3) is 0 Å². The maximum atomic E-state index is 13.6. The SMILES string of the molecule is COc1ccccc1C(Br)c1cc(Br)c(F)cc1OC. The van der Waals surface area contributed by atoms with E-state index in [1.165, 1.54) is 13.2 Å². The van der Waals surface area contributed by atoms with Crippen molar-refractivity contribution in [2.24, 2.45) is 0 Å². The van der Waals surface area contributed by atoms with Gasteiger partial charge < -0.3 is 9.47 Å². The van der Waals surface area contributed by atoms with Crippen LogP contribution in [0.2, 0.25) is 0 Å². The van der Waals surface area contributed by atoms with Crippen molar-refractivity contribution in [1.82, 2.24) is 0 Å². The summed E-state index contributed by atoms with van der Waals surface area (Å²) in [5, 5.41) is 0. The standard InChI is InChI=1S/C15H13Br2FO2/c1-19-13-6-4-3-5-9(13)15(17)10-7-11(16)12(18)8-14(10)20-2/h3-8,15H,1-2H3. The minimum atomic E-state index is -0.356. The van der Waals surface area contributed by atoms with Gasteiger partial charge in [-0.05, 0) is 28.1 Å². The molecule has 1 unspecified atom stereocenters. The Morgan fingerprint density at radius 3 is 2.30 bits per heavy atom. The molecule has 0 radical (unpaired) electrons. The van der Waals surface area contributed by atoms with Gasteiger partial charge in [0.25, 0.3) is 0 Å². The fourth-order valence-electron chi connectivity index (χ4n) is 1.96. The molecule has 0 amide bonds. The Hall–Kier alpha value is -1.07. The Morgan fingerprint density at radius 2 is 1.65 bits per heavy atom. The first-order valence-corrected chi connectivity index (χ1v) is 7.59. The van der Waals surface area contributed by atoms with Crippen LogP contribution >= 0.6 is 31.9 Å². The largest absolute Gasteiger partial charge is 0.496 e.